The molecule has 6 amide bonds. The lowest BCUT2D eigenvalue weighted by Crippen LogP contribution is -2.58. The van der Waals surface area contributed by atoms with Gasteiger partial charge >= 0.3 is 6.03 Å². The van der Waals surface area contributed by atoms with Crippen molar-refractivity contribution < 1.29 is 24.0 Å². The summed E-state index contributed by atoms with van der Waals surface area (Å²) in [7, 11) is 0. The maximum Gasteiger partial charge on any atom is 0.335 e. The van der Waals surface area contributed by atoms with Crippen molar-refractivity contribution in [2.24, 2.45) is 11.0 Å². The topological polar surface area (TPSA) is 116 Å². The largest absolute Gasteiger partial charge is 0.335 e. The smallest absolute Gasteiger partial charge is 0.276 e. The molecule has 162 valence electrons. The number of nitrogens with one attached hydrogen (secondary N) is 1. The molecule has 0 radical (unpaired) electrons. The van der Waals surface area contributed by atoms with Gasteiger partial charge in [0.05, 0.1) is 16.8 Å². The van der Waals surface area contributed by atoms with E-state index in [-0.39, 0.29) is 16.8 Å². The molecular weight excluding hydrogens is 492 g/mol. The molecule has 2 aliphatic heterocycles. The fourth-order valence-electron chi connectivity index (χ4n) is 3.83. The number of carbonyl (C=O) groups excluding carboxylic acids is 5. The fourth-order valence-corrected chi connectivity index (χ4v) is 4.29. The minimum Gasteiger partial charge on any atom is -0.276 e. The van der Waals surface area contributed by atoms with E-state index < -0.39 is 35.6 Å². The summed E-state index contributed by atoms with van der Waals surface area (Å²) in [6, 6.07) is 15.5. The molecular formula is C23H13BrN4O5. The standard InChI is InChI=1S/C23H13BrN4O5/c24-17-10-9-15-18-13(17)7-4-8-14(18)21(31)28(22(15)32)25-11-16-19(29)26-23(33)27(20(16)30)12-5-2-1-3-6-12/h1-11,16H,(H,26,29,33). The lowest BCUT2D eigenvalue weighted by Gasteiger charge is -2.29. The number of barbiturate groups is 1. The average molecular weight is 505 g/mol. The summed E-state index contributed by atoms with van der Waals surface area (Å²) in [6.45, 7) is 0. The van der Waals surface area contributed by atoms with Crippen LogP contribution >= 0.6 is 15.9 Å². The van der Waals surface area contributed by atoms with E-state index in [9.17, 15) is 24.0 Å². The van der Waals surface area contributed by atoms with E-state index >= 15 is 0 Å². The highest BCUT2D eigenvalue weighted by Crippen LogP contribution is 2.34. The molecule has 0 aromatic heterocycles. The molecule has 1 saturated heterocycles. The minimum absolute atomic E-state index is 0.265. The van der Waals surface area contributed by atoms with Crippen LogP contribution in [0.2, 0.25) is 0 Å². The van der Waals surface area contributed by atoms with Gasteiger partial charge in [0.2, 0.25) is 5.91 Å². The SMILES string of the molecule is O=C1NC(=O)N(c2ccccc2)C(=O)C1C=NN1C(=O)c2cccc3c(Br)ccc(c23)C1=O. The van der Waals surface area contributed by atoms with Gasteiger partial charge in [0.25, 0.3) is 17.7 Å². The van der Waals surface area contributed by atoms with E-state index in [1.165, 1.54) is 12.1 Å². The normalized spacial score (nSPS) is 18.5. The molecule has 0 spiro atoms. The van der Waals surface area contributed by atoms with Crippen molar-refractivity contribution in [3.63, 3.8) is 0 Å². The number of rotatable bonds is 3. The Balaban J connectivity index is 1.50. The summed E-state index contributed by atoms with van der Waals surface area (Å²) < 4.78 is 0.732. The Labute approximate surface area is 194 Å². The number of hydrogen-bond donors (Lipinski definition) is 1. The Bertz CT molecular complexity index is 1400. The first-order chi connectivity index (χ1) is 15.9. The second kappa shape index (κ2) is 7.75. The quantitative estimate of drug-likeness (QED) is 0.334. The predicted octanol–water partition coefficient (Wildman–Crippen LogP) is 3.08. The van der Waals surface area contributed by atoms with Gasteiger partial charge < -0.3 is 0 Å². The van der Waals surface area contributed by atoms with Gasteiger partial charge in [0.15, 0.2) is 5.92 Å². The summed E-state index contributed by atoms with van der Waals surface area (Å²) in [5, 5.41) is 7.83. The monoisotopic (exact) mass is 504 g/mol. The van der Waals surface area contributed by atoms with Crippen LogP contribution in [0.3, 0.4) is 0 Å². The number of hydrogen-bond acceptors (Lipinski definition) is 6. The molecule has 1 N–H and O–H groups in total. The average Bonchev–Trinajstić information content (AvgIpc) is 2.80. The molecule has 0 aliphatic carbocycles. The summed E-state index contributed by atoms with van der Waals surface area (Å²) in [5.74, 6) is -4.63. The zero-order chi connectivity index (χ0) is 23.3. The van der Waals surface area contributed by atoms with Crippen LogP contribution in [0.15, 0.2) is 70.2 Å². The van der Waals surface area contributed by atoms with Crippen molar-refractivity contribution >= 4 is 68.3 Å². The molecule has 5 rings (SSSR count). The molecule has 1 atom stereocenters. The Hall–Kier alpha value is -4.18. The molecule has 2 aliphatic rings. The van der Waals surface area contributed by atoms with Crippen LogP contribution in [0.4, 0.5) is 10.5 Å². The van der Waals surface area contributed by atoms with Gasteiger partial charge in [0.1, 0.15) is 0 Å². The van der Waals surface area contributed by atoms with E-state index in [0.29, 0.717) is 15.8 Å². The molecule has 2 heterocycles. The van der Waals surface area contributed by atoms with Gasteiger partial charge in [-0.15, -0.1) is 0 Å². The van der Waals surface area contributed by atoms with E-state index in [0.717, 1.165) is 15.6 Å². The maximum absolute atomic E-state index is 13.0. The summed E-state index contributed by atoms with van der Waals surface area (Å²) >= 11 is 3.42. The molecule has 33 heavy (non-hydrogen) atoms. The van der Waals surface area contributed by atoms with E-state index in [4.69, 9.17) is 0 Å². The Morgan fingerprint density at radius 1 is 0.848 bits per heavy atom. The molecule has 1 fully saturated rings. The van der Waals surface area contributed by atoms with Gasteiger partial charge in [-0.2, -0.15) is 10.1 Å². The highest BCUT2D eigenvalue weighted by molar-refractivity contribution is 9.10. The van der Waals surface area contributed by atoms with E-state index in [2.05, 4.69) is 26.3 Å². The van der Waals surface area contributed by atoms with Crippen LogP contribution in [-0.2, 0) is 9.59 Å². The number of halogens is 1. The molecule has 3 aromatic carbocycles. The number of imide groups is 3. The van der Waals surface area contributed by atoms with Gasteiger partial charge in [-0.3, -0.25) is 24.5 Å². The first kappa shape index (κ1) is 20.7. The van der Waals surface area contributed by atoms with Crippen molar-refractivity contribution in [3.05, 3.63) is 76.3 Å². The van der Waals surface area contributed by atoms with Gasteiger partial charge in [-0.25, -0.2) is 9.69 Å². The number of para-hydroxylation sites is 1. The second-order valence-electron chi connectivity index (χ2n) is 7.29. The third-order valence-corrected chi connectivity index (χ3v) is 6.07. The molecule has 3 aromatic rings. The lowest BCUT2D eigenvalue weighted by atomic mass is 9.95. The number of urea groups is 1. The summed E-state index contributed by atoms with van der Waals surface area (Å²) in [4.78, 5) is 64.4. The predicted molar refractivity (Wildman–Crippen MR) is 122 cm³/mol. The first-order valence-electron chi connectivity index (χ1n) is 9.76. The number of hydrazone groups is 1. The van der Waals surface area contributed by atoms with Crippen molar-refractivity contribution in [1.82, 2.24) is 10.3 Å². The minimum atomic E-state index is -1.51. The van der Waals surface area contributed by atoms with Crippen molar-refractivity contribution in [1.29, 1.82) is 0 Å². The summed E-state index contributed by atoms with van der Waals surface area (Å²) in [5.41, 5.74) is 0.796. The zero-order valence-electron chi connectivity index (χ0n) is 16.7. The third-order valence-electron chi connectivity index (χ3n) is 5.38. The number of nitrogens with zero attached hydrogens (tertiary/aromatic N) is 3. The molecule has 10 heteroatoms. The lowest BCUT2D eigenvalue weighted by molar-refractivity contribution is -0.131. The van der Waals surface area contributed by atoms with Crippen LogP contribution in [-0.4, -0.2) is 40.9 Å². The third kappa shape index (κ3) is 3.23. The Morgan fingerprint density at radius 2 is 1.55 bits per heavy atom. The van der Waals surface area contributed by atoms with Crippen LogP contribution < -0.4 is 10.2 Å². The van der Waals surface area contributed by atoms with E-state index in [1.54, 1.807) is 48.5 Å². The number of anilines is 1. The first-order valence-corrected chi connectivity index (χ1v) is 10.6. The van der Waals surface area contributed by atoms with Crippen LogP contribution in [0.1, 0.15) is 20.7 Å². The van der Waals surface area contributed by atoms with Crippen molar-refractivity contribution in [2.75, 3.05) is 4.90 Å². The molecule has 9 nitrogen and oxygen atoms in total. The van der Waals surface area contributed by atoms with Crippen LogP contribution in [0.25, 0.3) is 10.8 Å². The second-order valence-corrected chi connectivity index (χ2v) is 8.15. The number of benzene rings is 3. The van der Waals surface area contributed by atoms with E-state index in [1.807, 2.05) is 0 Å². The highest BCUT2D eigenvalue weighted by atomic mass is 79.9. The van der Waals surface area contributed by atoms with Crippen LogP contribution in [0, 0.1) is 5.92 Å². The fraction of sp³-hybridized carbons (Fsp3) is 0.0435. The summed E-state index contributed by atoms with van der Waals surface area (Å²) in [6.07, 6.45) is 0.903. The van der Waals surface area contributed by atoms with Gasteiger partial charge in [0, 0.05) is 16.1 Å². The van der Waals surface area contributed by atoms with Crippen molar-refractivity contribution in [3.8, 4) is 0 Å². The Kier molecular flexibility index (Phi) is 4.86. The van der Waals surface area contributed by atoms with Crippen molar-refractivity contribution in [2.45, 2.75) is 0 Å². The molecule has 1 unspecified atom stereocenters. The van der Waals surface area contributed by atoms with Crippen LogP contribution in [0.5, 0.6) is 0 Å². The zero-order valence-corrected chi connectivity index (χ0v) is 18.3. The molecule has 0 saturated carbocycles. The highest BCUT2D eigenvalue weighted by Gasteiger charge is 2.41. The number of amides is 6. The van der Waals surface area contributed by atoms with Gasteiger partial charge in [-0.1, -0.05) is 46.3 Å². The maximum atomic E-state index is 13.0. The Morgan fingerprint density at radius 3 is 2.27 bits per heavy atom. The van der Waals surface area contributed by atoms with Gasteiger partial charge in [-0.05, 0) is 35.7 Å². The number of carbonyl (C=O) groups is 5. The molecule has 0 bridgehead atoms.